The third-order valence-electron chi connectivity index (χ3n) is 6.02. The number of rotatable bonds is 4. The first kappa shape index (κ1) is 18.5. The number of nitrogens with one attached hydrogen (secondary N) is 1. The Hall–Kier alpha value is -3.51. The Morgan fingerprint density at radius 2 is 1.87 bits per heavy atom. The molecule has 5 rings (SSSR count). The van der Waals surface area contributed by atoms with E-state index >= 15 is 0 Å². The number of carbonyl (C=O) groups is 1. The zero-order valence-corrected chi connectivity index (χ0v) is 16.5. The normalized spacial score (nSPS) is 18.8. The lowest BCUT2D eigenvalue weighted by Crippen LogP contribution is -2.28. The maximum absolute atomic E-state index is 13.3. The highest BCUT2D eigenvalue weighted by Gasteiger charge is 2.38. The molecule has 0 unspecified atom stereocenters. The number of nitrogens with two attached hydrogens (primary N) is 1. The summed E-state index contributed by atoms with van der Waals surface area (Å²) in [6.07, 6.45) is 3.53. The molecular weight excluding hydrogens is 374 g/mol. The summed E-state index contributed by atoms with van der Waals surface area (Å²) in [4.78, 5) is 19.6. The van der Waals surface area contributed by atoms with E-state index in [9.17, 15) is 4.79 Å². The molecule has 2 aromatic heterocycles. The highest BCUT2D eigenvalue weighted by atomic mass is 16.2. The van der Waals surface area contributed by atoms with Crippen LogP contribution in [-0.4, -0.2) is 39.1 Å². The van der Waals surface area contributed by atoms with Crippen molar-refractivity contribution in [3.8, 4) is 0 Å². The van der Waals surface area contributed by atoms with Crippen molar-refractivity contribution in [3.63, 3.8) is 0 Å². The molecular formula is C24H23N5O. The molecule has 1 amide bonds. The summed E-state index contributed by atoms with van der Waals surface area (Å²) in [6, 6.07) is 20.0. The summed E-state index contributed by atoms with van der Waals surface area (Å²) in [5.74, 6) is 0.414. The number of pyridine rings is 1. The van der Waals surface area contributed by atoms with E-state index in [0.717, 1.165) is 22.2 Å². The lowest BCUT2D eigenvalue weighted by molar-refractivity contribution is 0.0789. The summed E-state index contributed by atoms with van der Waals surface area (Å²) < 4.78 is 0. The van der Waals surface area contributed by atoms with E-state index in [2.05, 4.69) is 39.4 Å². The van der Waals surface area contributed by atoms with E-state index in [4.69, 9.17) is 5.73 Å². The van der Waals surface area contributed by atoms with Crippen LogP contribution in [0, 0.1) is 0 Å². The number of benzene rings is 2. The second-order valence-electron chi connectivity index (χ2n) is 7.79. The molecule has 2 aromatic carbocycles. The van der Waals surface area contributed by atoms with Gasteiger partial charge in [0, 0.05) is 60.5 Å². The summed E-state index contributed by atoms with van der Waals surface area (Å²) >= 11 is 0. The minimum atomic E-state index is 0.0475. The van der Waals surface area contributed by atoms with Gasteiger partial charge in [0.2, 0.25) is 0 Å². The second kappa shape index (κ2) is 7.72. The van der Waals surface area contributed by atoms with Crippen molar-refractivity contribution < 1.29 is 4.79 Å². The number of carbonyl (C=O) groups excluding carboxylic acids is 1. The van der Waals surface area contributed by atoms with Gasteiger partial charge in [-0.3, -0.25) is 14.9 Å². The minimum absolute atomic E-state index is 0.0475. The van der Waals surface area contributed by atoms with Crippen molar-refractivity contribution in [1.29, 1.82) is 0 Å². The molecule has 4 aromatic rings. The van der Waals surface area contributed by atoms with Crippen LogP contribution >= 0.6 is 0 Å². The fourth-order valence-corrected chi connectivity index (χ4v) is 4.39. The van der Waals surface area contributed by atoms with Gasteiger partial charge in [0.05, 0.1) is 5.52 Å². The molecule has 3 heterocycles. The van der Waals surface area contributed by atoms with E-state index in [1.807, 2.05) is 41.3 Å². The molecule has 1 saturated heterocycles. The fraction of sp³-hybridized carbons (Fsp3) is 0.208. The van der Waals surface area contributed by atoms with Gasteiger partial charge >= 0.3 is 0 Å². The van der Waals surface area contributed by atoms with Gasteiger partial charge in [-0.1, -0.05) is 30.3 Å². The van der Waals surface area contributed by atoms with Crippen LogP contribution in [0.25, 0.3) is 10.9 Å². The maximum atomic E-state index is 13.3. The molecule has 0 saturated carbocycles. The smallest absolute Gasteiger partial charge is 0.253 e. The minimum Gasteiger partial charge on any atom is -0.337 e. The molecule has 6 heteroatoms. The summed E-state index contributed by atoms with van der Waals surface area (Å²) in [7, 11) is 0. The number of hydrogen-bond acceptors (Lipinski definition) is 4. The third kappa shape index (κ3) is 3.35. The predicted molar refractivity (Wildman–Crippen MR) is 116 cm³/mol. The lowest BCUT2D eigenvalue weighted by atomic mass is 9.86. The molecule has 1 aliphatic rings. The zero-order chi connectivity index (χ0) is 20.5. The van der Waals surface area contributed by atoms with E-state index in [1.54, 1.807) is 12.4 Å². The molecule has 3 N–H and O–H groups in total. The Bertz CT molecular complexity index is 1170. The quantitative estimate of drug-likeness (QED) is 0.552. The van der Waals surface area contributed by atoms with Gasteiger partial charge in [-0.25, -0.2) is 0 Å². The Kier molecular flexibility index (Phi) is 4.77. The Morgan fingerprint density at radius 3 is 2.63 bits per heavy atom. The van der Waals surface area contributed by atoms with Crippen molar-refractivity contribution in [2.24, 2.45) is 5.73 Å². The first-order valence-electron chi connectivity index (χ1n) is 10.1. The van der Waals surface area contributed by atoms with Gasteiger partial charge in [-0.05, 0) is 41.5 Å². The molecule has 0 aliphatic carbocycles. The molecule has 1 fully saturated rings. The van der Waals surface area contributed by atoms with Crippen molar-refractivity contribution in [3.05, 3.63) is 95.4 Å². The molecule has 150 valence electrons. The van der Waals surface area contributed by atoms with Crippen LogP contribution in [0.4, 0.5) is 0 Å². The maximum Gasteiger partial charge on any atom is 0.253 e. The van der Waals surface area contributed by atoms with Gasteiger partial charge in [0.1, 0.15) is 0 Å². The Labute approximate surface area is 174 Å². The highest BCUT2D eigenvalue weighted by Crippen LogP contribution is 2.39. The highest BCUT2D eigenvalue weighted by molar-refractivity contribution is 5.98. The summed E-state index contributed by atoms with van der Waals surface area (Å²) in [5, 5.41) is 8.21. The lowest BCUT2D eigenvalue weighted by Gasteiger charge is -2.17. The zero-order valence-electron chi connectivity index (χ0n) is 16.5. The van der Waals surface area contributed by atoms with Crippen LogP contribution in [0.15, 0.2) is 73.1 Å². The van der Waals surface area contributed by atoms with Crippen LogP contribution < -0.4 is 5.73 Å². The van der Waals surface area contributed by atoms with E-state index in [0.29, 0.717) is 25.2 Å². The number of H-pyrrole nitrogens is 1. The van der Waals surface area contributed by atoms with E-state index in [-0.39, 0.29) is 17.7 Å². The topological polar surface area (TPSA) is 87.9 Å². The number of likely N-dealkylation sites (tertiary alicyclic amines) is 1. The molecule has 1 aliphatic heterocycles. The third-order valence-corrected chi connectivity index (χ3v) is 6.02. The van der Waals surface area contributed by atoms with Crippen LogP contribution in [-0.2, 0) is 6.54 Å². The van der Waals surface area contributed by atoms with Crippen LogP contribution in [0.2, 0.25) is 0 Å². The van der Waals surface area contributed by atoms with Crippen LogP contribution in [0.1, 0.15) is 39.0 Å². The van der Waals surface area contributed by atoms with Crippen molar-refractivity contribution >= 4 is 16.8 Å². The fourth-order valence-electron chi connectivity index (χ4n) is 4.39. The van der Waals surface area contributed by atoms with Gasteiger partial charge in [-0.2, -0.15) is 5.10 Å². The van der Waals surface area contributed by atoms with Crippen molar-refractivity contribution in [2.45, 2.75) is 18.4 Å². The molecule has 0 radical (unpaired) electrons. The predicted octanol–water partition coefficient (Wildman–Crippen LogP) is 3.44. The van der Waals surface area contributed by atoms with Crippen LogP contribution in [0.5, 0.6) is 0 Å². The van der Waals surface area contributed by atoms with Gasteiger partial charge in [0.15, 0.2) is 0 Å². The molecule has 0 bridgehead atoms. The number of nitrogens with zero attached hydrogens (tertiary/aromatic N) is 3. The number of hydrogen-bond donors (Lipinski definition) is 2. The molecule has 30 heavy (non-hydrogen) atoms. The number of amides is 1. The van der Waals surface area contributed by atoms with Crippen molar-refractivity contribution in [1.82, 2.24) is 20.1 Å². The Morgan fingerprint density at radius 1 is 1.03 bits per heavy atom. The van der Waals surface area contributed by atoms with Gasteiger partial charge in [0.25, 0.3) is 5.91 Å². The average molecular weight is 397 g/mol. The first-order chi connectivity index (χ1) is 14.7. The summed E-state index contributed by atoms with van der Waals surface area (Å²) in [6.45, 7) is 1.83. The monoisotopic (exact) mass is 397 g/mol. The van der Waals surface area contributed by atoms with Crippen LogP contribution in [0.3, 0.4) is 0 Å². The molecule has 2 atom stereocenters. The molecule has 6 nitrogen and oxygen atoms in total. The molecule has 0 spiro atoms. The number of fused-ring (bicyclic) bond motifs is 1. The average Bonchev–Trinajstić information content (AvgIpc) is 3.48. The van der Waals surface area contributed by atoms with E-state index < -0.39 is 0 Å². The standard InChI is InChI=1S/C24H23N5O/c25-13-16-3-5-17(6-4-16)20-14-29(15-21(20)23-9-11-27-28-23)24(30)19-7-8-22-18(12-19)2-1-10-26-22/h1-12,20-21H,13-15,25H2,(H,27,28)/t20-,21+/m0/s1. The largest absolute Gasteiger partial charge is 0.337 e. The van der Waals surface area contributed by atoms with Crippen molar-refractivity contribution in [2.75, 3.05) is 13.1 Å². The first-order valence-corrected chi connectivity index (χ1v) is 10.1. The van der Waals surface area contributed by atoms with E-state index in [1.165, 1.54) is 5.56 Å². The number of aromatic nitrogens is 3. The number of aromatic amines is 1. The Balaban J connectivity index is 1.46. The SMILES string of the molecule is NCc1ccc([C@@H]2CN(C(=O)c3ccc4ncccc4c3)C[C@H]2c2ccn[nH]2)cc1. The second-order valence-corrected chi connectivity index (χ2v) is 7.79. The van der Waals surface area contributed by atoms with Gasteiger partial charge in [-0.15, -0.1) is 0 Å². The summed E-state index contributed by atoms with van der Waals surface area (Å²) in [5.41, 5.74) is 10.7. The van der Waals surface area contributed by atoms with Gasteiger partial charge < -0.3 is 10.6 Å².